The largest absolute Gasteiger partial charge is 0.289 e. The van der Waals surface area contributed by atoms with Gasteiger partial charge in [0, 0.05) is 6.07 Å². The van der Waals surface area contributed by atoms with Crippen molar-refractivity contribution in [3.05, 3.63) is 38.4 Å². The second-order valence-corrected chi connectivity index (χ2v) is 2.87. The molecule has 4 nitrogen and oxygen atoms in total. The summed E-state index contributed by atoms with van der Waals surface area (Å²) in [6, 6.07) is 4.50. The van der Waals surface area contributed by atoms with Gasteiger partial charge in [-0.15, -0.1) is 0 Å². The highest BCUT2D eigenvalue weighted by atomic mass is 35.5. The molecule has 0 N–H and O–H groups in total. The van der Waals surface area contributed by atoms with E-state index in [1.54, 1.807) is 6.92 Å². The van der Waals surface area contributed by atoms with Gasteiger partial charge >= 0.3 is 0 Å². The smallest absolute Gasteiger partial charge is 0.258 e. The Kier molecular flexibility index (Phi) is 2.49. The van der Waals surface area contributed by atoms with Crippen molar-refractivity contribution in [2.75, 3.05) is 0 Å². The van der Waals surface area contributed by atoms with Gasteiger partial charge in [-0.1, -0.05) is 11.6 Å². The fourth-order valence-electron chi connectivity index (χ4n) is 0.948. The van der Waals surface area contributed by atoms with E-state index in [1.165, 1.54) is 6.07 Å². The van der Waals surface area contributed by atoms with Crippen molar-refractivity contribution in [2.24, 2.45) is 0 Å². The van der Waals surface area contributed by atoms with Gasteiger partial charge in [0.1, 0.15) is 5.02 Å². The summed E-state index contributed by atoms with van der Waals surface area (Å²) in [5, 5.41) is 19.1. The van der Waals surface area contributed by atoms with Crippen LogP contribution in [-0.2, 0) is 0 Å². The number of nitriles is 1. The minimum atomic E-state index is -0.601. The molecule has 5 heteroatoms. The summed E-state index contributed by atoms with van der Waals surface area (Å²) in [6.07, 6.45) is 0. The van der Waals surface area contributed by atoms with Crippen LogP contribution in [0.2, 0.25) is 5.02 Å². The third kappa shape index (κ3) is 1.76. The molecule has 0 radical (unpaired) electrons. The van der Waals surface area contributed by atoms with Crippen molar-refractivity contribution in [1.29, 1.82) is 5.26 Å². The van der Waals surface area contributed by atoms with Crippen molar-refractivity contribution in [2.45, 2.75) is 6.92 Å². The number of halogens is 1. The molecule has 0 unspecified atom stereocenters. The van der Waals surface area contributed by atoms with Crippen LogP contribution >= 0.6 is 11.6 Å². The molecule has 13 heavy (non-hydrogen) atoms. The van der Waals surface area contributed by atoms with Gasteiger partial charge in [0.05, 0.1) is 16.6 Å². The Labute approximate surface area is 79.5 Å². The lowest BCUT2D eigenvalue weighted by Crippen LogP contribution is -1.92. The Balaban J connectivity index is 3.44. The Hall–Kier alpha value is -1.60. The van der Waals surface area contributed by atoms with Crippen LogP contribution in [0.25, 0.3) is 0 Å². The summed E-state index contributed by atoms with van der Waals surface area (Å²) < 4.78 is 0. The molecule has 0 bridgehead atoms. The van der Waals surface area contributed by atoms with Crippen molar-refractivity contribution in [3.63, 3.8) is 0 Å². The highest BCUT2D eigenvalue weighted by molar-refractivity contribution is 6.33. The minimum Gasteiger partial charge on any atom is -0.258 e. The molecule has 0 amide bonds. The normalized spacial score (nSPS) is 9.31. The lowest BCUT2D eigenvalue weighted by molar-refractivity contribution is -0.384. The van der Waals surface area contributed by atoms with Crippen LogP contribution in [0.3, 0.4) is 0 Å². The van der Waals surface area contributed by atoms with Gasteiger partial charge in [-0.25, -0.2) is 0 Å². The van der Waals surface area contributed by atoms with Gasteiger partial charge < -0.3 is 0 Å². The minimum absolute atomic E-state index is 0.0870. The highest BCUT2D eigenvalue weighted by Crippen LogP contribution is 2.28. The second kappa shape index (κ2) is 3.42. The molecular weight excluding hydrogens is 192 g/mol. The Morgan fingerprint density at radius 2 is 2.23 bits per heavy atom. The van der Waals surface area contributed by atoms with Gasteiger partial charge in [0.15, 0.2) is 0 Å². The maximum Gasteiger partial charge on any atom is 0.289 e. The van der Waals surface area contributed by atoms with E-state index in [-0.39, 0.29) is 16.3 Å². The van der Waals surface area contributed by atoms with Crippen LogP contribution in [0.1, 0.15) is 11.1 Å². The number of nitro benzene ring substituents is 1. The van der Waals surface area contributed by atoms with Crippen LogP contribution in [0.4, 0.5) is 5.69 Å². The fourth-order valence-corrected chi connectivity index (χ4v) is 1.13. The van der Waals surface area contributed by atoms with Crippen molar-refractivity contribution in [3.8, 4) is 6.07 Å². The number of nitro groups is 1. The number of nitrogens with zero attached hydrogens (tertiary/aromatic N) is 2. The monoisotopic (exact) mass is 196 g/mol. The zero-order valence-corrected chi connectivity index (χ0v) is 7.50. The molecule has 1 aromatic carbocycles. The average molecular weight is 197 g/mol. The maximum absolute atomic E-state index is 10.5. The van der Waals surface area contributed by atoms with Crippen LogP contribution in [0.5, 0.6) is 0 Å². The van der Waals surface area contributed by atoms with E-state index in [9.17, 15) is 10.1 Å². The molecule has 0 aliphatic heterocycles. The van der Waals surface area contributed by atoms with E-state index in [2.05, 4.69) is 0 Å². The molecule has 0 spiro atoms. The Morgan fingerprint density at radius 3 is 2.69 bits per heavy atom. The van der Waals surface area contributed by atoms with Gasteiger partial charge in [0.25, 0.3) is 5.69 Å². The molecule has 1 aromatic rings. The number of hydrogen-bond acceptors (Lipinski definition) is 3. The first-order chi connectivity index (χ1) is 6.06. The van der Waals surface area contributed by atoms with Crippen LogP contribution in [0.15, 0.2) is 12.1 Å². The number of benzene rings is 1. The van der Waals surface area contributed by atoms with Crippen molar-refractivity contribution < 1.29 is 4.92 Å². The van der Waals surface area contributed by atoms with Crippen molar-refractivity contribution in [1.82, 2.24) is 0 Å². The Bertz CT molecular complexity index is 409. The van der Waals surface area contributed by atoms with Crippen LogP contribution in [-0.4, -0.2) is 4.92 Å². The number of aryl methyl sites for hydroxylation is 1. The zero-order chi connectivity index (χ0) is 10.0. The molecule has 0 atom stereocenters. The Morgan fingerprint density at radius 1 is 1.62 bits per heavy atom. The zero-order valence-electron chi connectivity index (χ0n) is 6.74. The van der Waals surface area contributed by atoms with E-state index in [0.29, 0.717) is 5.56 Å². The molecule has 1 rings (SSSR count). The first-order valence-corrected chi connectivity index (χ1v) is 3.78. The summed E-state index contributed by atoms with van der Waals surface area (Å²) in [4.78, 5) is 9.85. The molecule has 0 fully saturated rings. The molecule has 0 aliphatic rings. The predicted molar refractivity (Wildman–Crippen MR) is 47.6 cm³/mol. The molecule has 0 saturated heterocycles. The molecule has 0 heterocycles. The molecule has 66 valence electrons. The standard InChI is InChI=1S/C8H5ClN2O2/c1-5-2-6(4-10)3-7(8(5)9)11(12)13/h2-3H,1H3. The molecule has 0 aromatic heterocycles. The molecule has 0 aliphatic carbocycles. The molecule has 0 saturated carbocycles. The van der Waals surface area contributed by atoms with Gasteiger partial charge in [-0.3, -0.25) is 10.1 Å². The molecular formula is C8H5ClN2O2. The summed E-state index contributed by atoms with van der Waals surface area (Å²) in [6.45, 7) is 1.62. The van der Waals surface area contributed by atoms with Crippen LogP contribution in [0, 0.1) is 28.4 Å². The summed E-state index contributed by atoms with van der Waals surface area (Å²) in [5.74, 6) is 0. The average Bonchev–Trinajstić information content (AvgIpc) is 2.09. The number of rotatable bonds is 1. The SMILES string of the molecule is Cc1cc(C#N)cc([N+](=O)[O-])c1Cl. The third-order valence-electron chi connectivity index (χ3n) is 1.56. The third-order valence-corrected chi connectivity index (χ3v) is 2.05. The summed E-state index contributed by atoms with van der Waals surface area (Å²) in [7, 11) is 0. The van der Waals surface area contributed by atoms with E-state index >= 15 is 0 Å². The van der Waals surface area contributed by atoms with Crippen molar-refractivity contribution >= 4 is 17.3 Å². The fraction of sp³-hybridized carbons (Fsp3) is 0.125. The van der Waals surface area contributed by atoms with E-state index in [0.717, 1.165) is 6.07 Å². The maximum atomic E-state index is 10.5. The van der Waals surface area contributed by atoms with E-state index in [1.807, 2.05) is 6.07 Å². The van der Waals surface area contributed by atoms with E-state index in [4.69, 9.17) is 16.9 Å². The van der Waals surface area contributed by atoms with Gasteiger partial charge in [-0.2, -0.15) is 5.26 Å². The first kappa shape index (κ1) is 9.49. The first-order valence-electron chi connectivity index (χ1n) is 3.41. The van der Waals surface area contributed by atoms with Gasteiger partial charge in [-0.05, 0) is 18.6 Å². The van der Waals surface area contributed by atoms with E-state index < -0.39 is 4.92 Å². The van der Waals surface area contributed by atoms with Crippen LogP contribution < -0.4 is 0 Å². The topological polar surface area (TPSA) is 66.9 Å². The number of hydrogen-bond donors (Lipinski definition) is 0. The quantitative estimate of drug-likeness (QED) is 0.512. The lowest BCUT2D eigenvalue weighted by atomic mass is 10.1. The second-order valence-electron chi connectivity index (χ2n) is 2.50. The summed E-state index contributed by atoms with van der Waals surface area (Å²) >= 11 is 5.67. The summed E-state index contributed by atoms with van der Waals surface area (Å²) in [5.41, 5.74) is 0.555. The highest BCUT2D eigenvalue weighted by Gasteiger charge is 2.15. The predicted octanol–water partition coefficient (Wildman–Crippen LogP) is 2.43. The lowest BCUT2D eigenvalue weighted by Gasteiger charge is -1.99. The van der Waals surface area contributed by atoms with Gasteiger partial charge in [0.2, 0.25) is 0 Å².